The number of aromatic nitrogens is 1. The van der Waals surface area contributed by atoms with E-state index in [4.69, 9.17) is 5.11 Å². The molecule has 132 valence electrons. The fourth-order valence-corrected chi connectivity index (χ4v) is 3.10. The van der Waals surface area contributed by atoms with Crippen molar-refractivity contribution in [3.05, 3.63) is 82.2 Å². The van der Waals surface area contributed by atoms with Crippen LogP contribution in [0.1, 0.15) is 38.4 Å². The smallest absolute Gasteiger partial charge is 0.335 e. The van der Waals surface area contributed by atoms with E-state index in [0.29, 0.717) is 5.69 Å². The summed E-state index contributed by atoms with van der Waals surface area (Å²) in [5.41, 5.74) is 7.45. The van der Waals surface area contributed by atoms with Crippen LogP contribution < -0.4 is 0 Å². The molecule has 0 spiro atoms. The van der Waals surface area contributed by atoms with Crippen molar-refractivity contribution in [2.75, 3.05) is 0 Å². The van der Waals surface area contributed by atoms with Crippen LogP contribution in [0.3, 0.4) is 0 Å². The molecule has 4 heteroatoms. The van der Waals surface area contributed by atoms with Gasteiger partial charge in [-0.05, 0) is 69.2 Å². The Balaban J connectivity index is 2.00. The highest BCUT2D eigenvalue weighted by Crippen LogP contribution is 2.23. The average Bonchev–Trinajstić information content (AvgIpc) is 2.87. The Bertz CT molecular complexity index is 1010. The molecule has 0 fully saturated rings. The number of nitrogens with zero attached hydrogens (tertiary/aromatic N) is 2. The van der Waals surface area contributed by atoms with Crippen LogP contribution in [-0.2, 0) is 0 Å². The van der Waals surface area contributed by atoms with Crippen LogP contribution in [-0.4, -0.2) is 21.9 Å². The van der Waals surface area contributed by atoms with Gasteiger partial charge in [-0.25, -0.2) is 4.79 Å². The highest BCUT2D eigenvalue weighted by Gasteiger charge is 2.10. The molecule has 0 aliphatic rings. The van der Waals surface area contributed by atoms with E-state index in [2.05, 4.69) is 60.7 Å². The monoisotopic (exact) mass is 346 g/mol. The van der Waals surface area contributed by atoms with E-state index >= 15 is 0 Å². The maximum absolute atomic E-state index is 11.2. The third-order valence-electron chi connectivity index (χ3n) is 4.53. The maximum Gasteiger partial charge on any atom is 0.335 e. The molecule has 0 saturated heterocycles. The van der Waals surface area contributed by atoms with Crippen molar-refractivity contribution in [3.8, 4) is 5.69 Å². The number of carbonyl (C=O) groups is 1. The quantitative estimate of drug-likeness (QED) is 0.663. The maximum atomic E-state index is 11.2. The molecule has 1 aromatic heterocycles. The SMILES string of the molecule is Cc1cccc(-n2c(C)cc(C=Nc3cc(C(=O)O)ccc3C)c2C)c1. The van der Waals surface area contributed by atoms with Crippen LogP contribution in [0.25, 0.3) is 5.69 Å². The fourth-order valence-electron chi connectivity index (χ4n) is 3.10. The number of aromatic carboxylic acids is 1. The Morgan fingerprint density at radius 3 is 2.50 bits per heavy atom. The largest absolute Gasteiger partial charge is 0.478 e. The van der Waals surface area contributed by atoms with Gasteiger partial charge in [0.2, 0.25) is 0 Å². The summed E-state index contributed by atoms with van der Waals surface area (Å²) in [5, 5.41) is 9.16. The second kappa shape index (κ2) is 7.00. The van der Waals surface area contributed by atoms with E-state index < -0.39 is 5.97 Å². The van der Waals surface area contributed by atoms with Gasteiger partial charge in [-0.3, -0.25) is 4.99 Å². The molecule has 0 bridgehead atoms. The lowest BCUT2D eigenvalue weighted by Crippen LogP contribution is -1.99. The minimum absolute atomic E-state index is 0.244. The van der Waals surface area contributed by atoms with Crippen LogP contribution in [0.15, 0.2) is 53.5 Å². The van der Waals surface area contributed by atoms with Crippen molar-refractivity contribution in [3.63, 3.8) is 0 Å². The zero-order valence-electron chi connectivity index (χ0n) is 15.4. The molecule has 3 aromatic rings. The van der Waals surface area contributed by atoms with E-state index in [0.717, 1.165) is 28.2 Å². The summed E-state index contributed by atoms with van der Waals surface area (Å²) in [7, 11) is 0. The van der Waals surface area contributed by atoms with E-state index in [1.807, 2.05) is 13.1 Å². The van der Waals surface area contributed by atoms with Gasteiger partial charge in [-0.2, -0.15) is 0 Å². The van der Waals surface area contributed by atoms with Crippen molar-refractivity contribution in [1.82, 2.24) is 4.57 Å². The number of carboxylic acid groups (broad SMARTS) is 1. The molecule has 2 aromatic carbocycles. The molecular formula is C22H22N2O2. The normalized spacial score (nSPS) is 11.2. The molecule has 0 radical (unpaired) electrons. The summed E-state index contributed by atoms with van der Waals surface area (Å²) >= 11 is 0. The molecule has 1 heterocycles. The number of rotatable bonds is 4. The molecule has 0 saturated carbocycles. The zero-order chi connectivity index (χ0) is 18.8. The third kappa shape index (κ3) is 3.45. The van der Waals surface area contributed by atoms with Gasteiger partial charge >= 0.3 is 5.97 Å². The predicted molar refractivity (Wildman–Crippen MR) is 105 cm³/mol. The van der Waals surface area contributed by atoms with E-state index in [1.165, 1.54) is 5.56 Å². The predicted octanol–water partition coefficient (Wildman–Crippen LogP) is 5.16. The first-order chi connectivity index (χ1) is 12.4. The number of hydrogen-bond donors (Lipinski definition) is 1. The Hall–Kier alpha value is -3.14. The Kier molecular flexibility index (Phi) is 4.76. The van der Waals surface area contributed by atoms with Crippen molar-refractivity contribution >= 4 is 17.9 Å². The van der Waals surface area contributed by atoms with Crippen LogP contribution in [0, 0.1) is 27.7 Å². The lowest BCUT2D eigenvalue weighted by molar-refractivity contribution is 0.0697. The van der Waals surface area contributed by atoms with Crippen molar-refractivity contribution in [1.29, 1.82) is 0 Å². The lowest BCUT2D eigenvalue weighted by Gasteiger charge is -2.10. The summed E-state index contributed by atoms with van der Waals surface area (Å²) in [6.07, 6.45) is 1.81. The Morgan fingerprint density at radius 2 is 1.81 bits per heavy atom. The number of aryl methyl sites for hydroxylation is 3. The van der Waals surface area contributed by atoms with Gasteiger partial charge in [0.1, 0.15) is 0 Å². The van der Waals surface area contributed by atoms with Gasteiger partial charge in [0.05, 0.1) is 11.3 Å². The van der Waals surface area contributed by atoms with Crippen LogP contribution in [0.2, 0.25) is 0 Å². The molecule has 0 amide bonds. The van der Waals surface area contributed by atoms with Gasteiger partial charge in [0.25, 0.3) is 0 Å². The third-order valence-corrected chi connectivity index (χ3v) is 4.53. The topological polar surface area (TPSA) is 54.6 Å². The lowest BCUT2D eigenvalue weighted by atomic mass is 10.1. The van der Waals surface area contributed by atoms with Crippen molar-refractivity contribution < 1.29 is 9.90 Å². The second-order valence-corrected chi connectivity index (χ2v) is 6.57. The molecule has 0 atom stereocenters. The van der Waals surface area contributed by atoms with Crippen LogP contribution in [0.5, 0.6) is 0 Å². The second-order valence-electron chi connectivity index (χ2n) is 6.57. The van der Waals surface area contributed by atoms with Crippen molar-refractivity contribution in [2.24, 2.45) is 4.99 Å². The summed E-state index contributed by atoms with van der Waals surface area (Å²) in [4.78, 5) is 15.7. The summed E-state index contributed by atoms with van der Waals surface area (Å²) in [6.45, 7) is 8.15. The van der Waals surface area contributed by atoms with Crippen molar-refractivity contribution in [2.45, 2.75) is 27.7 Å². The standard InChI is InChI=1S/C22H22N2O2/c1-14-6-5-7-20(10-14)24-16(3)11-19(17(24)4)13-23-21-12-18(22(25)26)9-8-15(21)2/h5-13H,1-4H3,(H,25,26). The Morgan fingerprint density at radius 1 is 1.04 bits per heavy atom. The molecule has 0 aliphatic heterocycles. The summed E-state index contributed by atoms with van der Waals surface area (Å²) in [5.74, 6) is -0.945. The molecule has 26 heavy (non-hydrogen) atoms. The Labute approximate surface area is 153 Å². The van der Waals surface area contributed by atoms with Gasteiger partial charge in [0, 0.05) is 28.9 Å². The van der Waals surface area contributed by atoms with E-state index in [9.17, 15) is 4.79 Å². The fraction of sp³-hybridized carbons (Fsp3) is 0.182. The van der Waals surface area contributed by atoms with E-state index in [-0.39, 0.29) is 5.56 Å². The molecule has 0 unspecified atom stereocenters. The van der Waals surface area contributed by atoms with Gasteiger partial charge < -0.3 is 9.67 Å². The minimum atomic E-state index is -0.945. The van der Waals surface area contributed by atoms with Gasteiger partial charge in [-0.1, -0.05) is 18.2 Å². The van der Waals surface area contributed by atoms with Crippen LogP contribution >= 0.6 is 0 Å². The molecule has 1 N–H and O–H groups in total. The number of aliphatic imine (C=N–C) groups is 1. The highest BCUT2D eigenvalue weighted by atomic mass is 16.4. The first kappa shape index (κ1) is 17.7. The number of hydrogen-bond acceptors (Lipinski definition) is 2. The molecular weight excluding hydrogens is 324 g/mol. The summed E-state index contributed by atoms with van der Waals surface area (Å²) in [6, 6.07) is 15.5. The first-order valence-corrected chi connectivity index (χ1v) is 8.51. The molecule has 4 nitrogen and oxygen atoms in total. The average molecular weight is 346 g/mol. The minimum Gasteiger partial charge on any atom is -0.478 e. The number of benzene rings is 2. The summed E-state index contributed by atoms with van der Waals surface area (Å²) < 4.78 is 2.20. The molecule has 3 rings (SSSR count). The zero-order valence-corrected chi connectivity index (χ0v) is 15.4. The van der Waals surface area contributed by atoms with Gasteiger partial charge in [-0.15, -0.1) is 0 Å². The first-order valence-electron chi connectivity index (χ1n) is 8.51. The molecule has 0 aliphatic carbocycles. The van der Waals surface area contributed by atoms with E-state index in [1.54, 1.807) is 18.2 Å². The highest BCUT2D eigenvalue weighted by molar-refractivity contribution is 5.90. The van der Waals surface area contributed by atoms with Gasteiger partial charge in [0.15, 0.2) is 0 Å². The number of carboxylic acids is 1. The van der Waals surface area contributed by atoms with Crippen LogP contribution in [0.4, 0.5) is 5.69 Å².